The van der Waals surface area contributed by atoms with E-state index in [1.165, 1.54) is 11.3 Å². The van der Waals surface area contributed by atoms with E-state index in [0.717, 1.165) is 4.88 Å². The van der Waals surface area contributed by atoms with E-state index < -0.39 is 10.0 Å². The van der Waals surface area contributed by atoms with Gasteiger partial charge in [0.15, 0.2) is 0 Å². The molecular weight excluding hydrogens is 292 g/mol. The topological polar surface area (TPSA) is 72.2 Å². The summed E-state index contributed by atoms with van der Waals surface area (Å²) in [5, 5.41) is 0. The number of hydrogen-bond acceptors (Lipinski definition) is 4. The average Bonchev–Trinajstić information content (AvgIpc) is 2.88. The van der Waals surface area contributed by atoms with Crippen LogP contribution in [0.25, 0.3) is 0 Å². The number of sulfonamides is 1. The van der Waals surface area contributed by atoms with Crippen LogP contribution >= 0.6 is 11.3 Å². The first-order valence-electron chi connectivity index (χ1n) is 5.93. The van der Waals surface area contributed by atoms with Gasteiger partial charge in [-0.2, -0.15) is 0 Å². The molecule has 0 fully saturated rings. The Kier molecular flexibility index (Phi) is 4.45. The third-order valence-electron chi connectivity index (χ3n) is 2.57. The number of anilines is 1. The molecule has 3 N–H and O–H groups in total. The number of nitrogens with one attached hydrogen (secondary N) is 1. The average molecular weight is 306 g/mol. The maximum Gasteiger partial charge on any atom is 0.271 e. The molecule has 6 heteroatoms. The summed E-state index contributed by atoms with van der Waals surface area (Å²) >= 11 is 1.22. The zero-order valence-corrected chi connectivity index (χ0v) is 12.3. The Labute approximate surface area is 122 Å². The molecule has 0 unspecified atom stereocenters. The van der Waals surface area contributed by atoms with E-state index in [-0.39, 0.29) is 4.21 Å². The van der Waals surface area contributed by atoms with Gasteiger partial charge >= 0.3 is 0 Å². The molecule has 1 aromatic heterocycles. The van der Waals surface area contributed by atoms with E-state index in [1.807, 2.05) is 0 Å². The van der Waals surface area contributed by atoms with Gasteiger partial charge in [0.1, 0.15) is 4.21 Å². The van der Waals surface area contributed by atoms with Gasteiger partial charge in [-0.1, -0.05) is 12.0 Å². The number of hydrogen-bond donors (Lipinski definition) is 2. The Morgan fingerprint density at radius 3 is 2.80 bits per heavy atom. The molecule has 0 aliphatic rings. The molecule has 0 spiro atoms. The summed E-state index contributed by atoms with van der Waals surface area (Å²) in [7, 11) is -3.58. The number of rotatable bonds is 5. The standard InChI is InChI=1S/C14H14N2O2S2/c1-2-11-4-3-5-12(10-11)16-20(17,18)14-7-6-13(19-14)8-9-15/h1,3-7,10,16H,8-9,15H2. The van der Waals surface area contributed by atoms with E-state index >= 15 is 0 Å². The Hall–Kier alpha value is -1.81. The summed E-state index contributed by atoms with van der Waals surface area (Å²) in [5.41, 5.74) is 6.54. The monoisotopic (exact) mass is 306 g/mol. The molecule has 0 saturated carbocycles. The highest BCUT2D eigenvalue weighted by Crippen LogP contribution is 2.24. The highest BCUT2D eigenvalue weighted by Gasteiger charge is 2.16. The van der Waals surface area contributed by atoms with Crippen LogP contribution in [0.4, 0.5) is 5.69 Å². The van der Waals surface area contributed by atoms with Crippen LogP contribution in [0.3, 0.4) is 0 Å². The molecule has 2 aromatic rings. The maximum atomic E-state index is 12.2. The third-order valence-corrected chi connectivity index (χ3v) is 5.59. The van der Waals surface area contributed by atoms with Gasteiger partial charge in [-0.05, 0) is 43.3 Å². The van der Waals surface area contributed by atoms with Gasteiger partial charge in [0.05, 0.1) is 5.69 Å². The van der Waals surface area contributed by atoms with Crippen molar-refractivity contribution in [2.75, 3.05) is 11.3 Å². The summed E-state index contributed by atoms with van der Waals surface area (Å²) in [6.07, 6.45) is 5.97. The lowest BCUT2D eigenvalue weighted by molar-refractivity contribution is 0.603. The fourth-order valence-corrected chi connectivity index (χ4v) is 4.08. The van der Waals surface area contributed by atoms with E-state index in [4.69, 9.17) is 12.2 Å². The van der Waals surface area contributed by atoms with Gasteiger partial charge in [-0.15, -0.1) is 17.8 Å². The quantitative estimate of drug-likeness (QED) is 0.830. The molecule has 0 atom stereocenters. The van der Waals surface area contributed by atoms with E-state index in [2.05, 4.69) is 10.6 Å². The Balaban J connectivity index is 2.23. The molecule has 2 rings (SSSR count). The Morgan fingerprint density at radius 2 is 2.10 bits per heavy atom. The van der Waals surface area contributed by atoms with Crippen LogP contribution in [0.5, 0.6) is 0 Å². The molecule has 104 valence electrons. The summed E-state index contributed by atoms with van der Waals surface area (Å²) in [5.74, 6) is 2.47. The van der Waals surface area contributed by atoms with Crippen molar-refractivity contribution in [3.8, 4) is 12.3 Å². The first-order chi connectivity index (χ1) is 9.55. The number of nitrogens with two attached hydrogens (primary N) is 1. The lowest BCUT2D eigenvalue weighted by Gasteiger charge is -2.06. The second kappa shape index (κ2) is 6.09. The number of thiophene rings is 1. The van der Waals surface area contributed by atoms with Crippen LogP contribution in [0.15, 0.2) is 40.6 Å². The van der Waals surface area contributed by atoms with Crippen LogP contribution in [-0.2, 0) is 16.4 Å². The van der Waals surface area contributed by atoms with E-state index in [9.17, 15) is 8.42 Å². The second-order valence-corrected chi connectivity index (χ2v) is 7.17. The zero-order valence-electron chi connectivity index (χ0n) is 10.7. The van der Waals surface area contributed by atoms with Crippen LogP contribution in [-0.4, -0.2) is 15.0 Å². The molecule has 0 amide bonds. The van der Waals surface area contributed by atoms with Gasteiger partial charge in [0.2, 0.25) is 0 Å². The van der Waals surface area contributed by atoms with Crippen LogP contribution in [0.1, 0.15) is 10.4 Å². The smallest absolute Gasteiger partial charge is 0.271 e. The fourth-order valence-electron chi connectivity index (χ4n) is 1.66. The van der Waals surface area contributed by atoms with Crippen molar-refractivity contribution in [1.82, 2.24) is 0 Å². The van der Waals surface area contributed by atoms with Crippen LogP contribution in [0.2, 0.25) is 0 Å². The lowest BCUT2D eigenvalue weighted by Crippen LogP contribution is -2.11. The number of terminal acetylenes is 1. The van der Waals surface area contributed by atoms with E-state index in [1.54, 1.807) is 36.4 Å². The van der Waals surface area contributed by atoms with Crippen LogP contribution < -0.4 is 10.5 Å². The second-order valence-electron chi connectivity index (χ2n) is 4.09. The van der Waals surface area contributed by atoms with Gasteiger partial charge in [-0.25, -0.2) is 8.42 Å². The van der Waals surface area contributed by atoms with Gasteiger partial charge in [-0.3, -0.25) is 4.72 Å². The summed E-state index contributed by atoms with van der Waals surface area (Å²) in [6.45, 7) is 0.498. The predicted molar refractivity (Wildman–Crippen MR) is 82.3 cm³/mol. The fraction of sp³-hybridized carbons (Fsp3) is 0.143. The number of benzene rings is 1. The van der Waals surface area contributed by atoms with Crippen molar-refractivity contribution in [1.29, 1.82) is 0 Å². The highest BCUT2D eigenvalue weighted by atomic mass is 32.2. The van der Waals surface area contributed by atoms with Crippen molar-refractivity contribution in [2.45, 2.75) is 10.6 Å². The van der Waals surface area contributed by atoms with Gasteiger partial charge in [0, 0.05) is 10.4 Å². The molecule has 20 heavy (non-hydrogen) atoms. The minimum atomic E-state index is -3.58. The third kappa shape index (κ3) is 3.39. The largest absolute Gasteiger partial charge is 0.330 e. The van der Waals surface area contributed by atoms with Crippen molar-refractivity contribution in [2.24, 2.45) is 5.73 Å². The zero-order chi connectivity index (χ0) is 14.6. The Bertz CT molecular complexity index is 743. The van der Waals surface area contributed by atoms with Gasteiger partial charge < -0.3 is 5.73 Å². The summed E-state index contributed by atoms with van der Waals surface area (Å²) in [6, 6.07) is 10.1. The first-order valence-corrected chi connectivity index (χ1v) is 8.23. The Morgan fingerprint density at radius 1 is 1.30 bits per heavy atom. The van der Waals surface area contributed by atoms with Crippen molar-refractivity contribution in [3.05, 3.63) is 46.8 Å². The predicted octanol–water partition coefficient (Wildman–Crippen LogP) is 2.03. The molecule has 0 radical (unpaired) electrons. The molecule has 0 bridgehead atoms. The normalized spacial score (nSPS) is 11.0. The minimum Gasteiger partial charge on any atom is -0.330 e. The summed E-state index contributed by atoms with van der Waals surface area (Å²) < 4.78 is 27.3. The summed E-state index contributed by atoms with van der Waals surface area (Å²) in [4.78, 5) is 0.949. The van der Waals surface area contributed by atoms with E-state index in [0.29, 0.717) is 24.2 Å². The molecule has 1 aromatic carbocycles. The first kappa shape index (κ1) is 14.6. The van der Waals surface area contributed by atoms with Crippen molar-refractivity contribution < 1.29 is 8.42 Å². The lowest BCUT2D eigenvalue weighted by atomic mass is 10.2. The molecule has 4 nitrogen and oxygen atoms in total. The molecule has 0 saturated heterocycles. The molecular formula is C14H14N2O2S2. The SMILES string of the molecule is C#Cc1cccc(NS(=O)(=O)c2ccc(CCN)s2)c1. The maximum absolute atomic E-state index is 12.2. The van der Waals surface area contributed by atoms with Gasteiger partial charge in [0.25, 0.3) is 10.0 Å². The van der Waals surface area contributed by atoms with Crippen LogP contribution in [0, 0.1) is 12.3 Å². The van der Waals surface area contributed by atoms with Crippen molar-refractivity contribution in [3.63, 3.8) is 0 Å². The minimum absolute atomic E-state index is 0.270. The molecule has 1 heterocycles. The van der Waals surface area contributed by atoms with Crippen molar-refractivity contribution >= 4 is 27.0 Å². The molecule has 0 aliphatic carbocycles. The molecule has 0 aliphatic heterocycles. The highest BCUT2D eigenvalue weighted by molar-refractivity contribution is 7.94.